The summed E-state index contributed by atoms with van der Waals surface area (Å²) in [5.41, 5.74) is 2.20. The first-order valence-corrected chi connectivity index (χ1v) is 6.79. The molecule has 0 aliphatic heterocycles. The molecule has 6 nitrogen and oxygen atoms in total. The molecular formula is C14H18N6. The molecule has 0 saturated heterocycles. The highest BCUT2D eigenvalue weighted by atomic mass is 15.4. The smallest absolute Gasteiger partial charge is 0.141 e. The number of fused-ring (bicyclic) bond motifs is 1. The van der Waals surface area contributed by atoms with E-state index in [4.69, 9.17) is 5.10 Å². The number of rotatable bonds is 5. The average Bonchev–Trinajstić information content (AvgIpc) is 3.05. The van der Waals surface area contributed by atoms with Crippen molar-refractivity contribution in [1.29, 1.82) is 0 Å². The molecule has 1 N–H and O–H groups in total. The summed E-state index contributed by atoms with van der Waals surface area (Å²) >= 11 is 0. The molecule has 0 bridgehead atoms. The minimum absolute atomic E-state index is 0.643. The molecule has 0 radical (unpaired) electrons. The van der Waals surface area contributed by atoms with Gasteiger partial charge in [-0.05, 0) is 20.0 Å². The third-order valence-corrected chi connectivity index (χ3v) is 3.36. The first kappa shape index (κ1) is 12.8. The lowest BCUT2D eigenvalue weighted by molar-refractivity contribution is 0.589. The van der Waals surface area contributed by atoms with Gasteiger partial charge in [-0.15, -0.1) is 0 Å². The quantitative estimate of drug-likeness (QED) is 0.761. The summed E-state index contributed by atoms with van der Waals surface area (Å²) in [6.45, 7) is 4.31. The first-order chi connectivity index (χ1) is 9.83. The van der Waals surface area contributed by atoms with E-state index < -0.39 is 0 Å². The van der Waals surface area contributed by atoms with Gasteiger partial charge >= 0.3 is 0 Å². The van der Waals surface area contributed by atoms with Crippen LogP contribution in [0.25, 0.3) is 10.9 Å². The van der Waals surface area contributed by atoms with Gasteiger partial charge < -0.3 is 5.32 Å². The standard InChI is InChI=1S/C14H18N6/c1-3-19-13-7-5-4-6-11(13)12(18-19)9-20-14(8-15-2)16-10-17-20/h4-7,10,15H,3,8-9H2,1-2H3. The van der Waals surface area contributed by atoms with Gasteiger partial charge in [0.1, 0.15) is 12.2 Å². The summed E-state index contributed by atoms with van der Waals surface area (Å²) < 4.78 is 3.92. The number of hydrogen-bond donors (Lipinski definition) is 1. The van der Waals surface area contributed by atoms with Gasteiger partial charge in [-0.1, -0.05) is 18.2 Å². The molecule has 104 valence electrons. The summed E-state index contributed by atoms with van der Waals surface area (Å²) in [6, 6.07) is 8.30. The second-order valence-corrected chi connectivity index (χ2v) is 4.64. The molecule has 20 heavy (non-hydrogen) atoms. The number of nitrogens with zero attached hydrogens (tertiary/aromatic N) is 5. The predicted molar refractivity (Wildman–Crippen MR) is 77.3 cm³/mol. The summed E-state index contributed by atoms with van der Waals surface area (Å²) in [6.07, 6.45) is 1.59. The summed E-state index contributed by atoms with van der Waals surface area (Å²) in [5, 5.41) is 13.3. The van der Waals surface area contributed by atoms with Crippen LogP contribution >= 0.6 is 0 Å². The molecule has 1 aromatic carbocycles. The van der Waals surface area contributed by atoms with Crippen LogP contribution in [0.3, 0.4) is 0 Å². The highest BCUT2D eigenvalue weighted by Crippen LogP contribution is 2.19. The van der Waals surface area contributed by atoms with Gasteiger partial charge in [0.25, 0.3) is 0 Å². The van der Waals surface area contributed by atoms with Crippen molar-refractivity contribution in [2.24, 2.45) is 0 Å². The fourth-order valence-electron chi connectivity index (χ4n) is 2.41. The van der Waals surface area contributed by atoms with Crippen LogP contribution in [0.5, 0.6) is 0 Å². The minimum Gasteiger partial charge on any atom is -0.313 e. The zero-order valence-electron chi connectivity index (χ0n) is 11.7. The van der Waals surface area contributed by atoms with Crippen LogP contribution in [0, 0.1) is 0 Å². The van der Waals surface area contributed by atoms with Gasteiger partial charge in [-0.2, -0.15) is 10.2 Å². The fraction of sp³-hybridized carbons (Fsp3) is 0.357. The molecule has 0 aliphatic rings. The number of aromatic nitrogens is 5. The molecule has 2 heterocycles. The number of nitrogens with one attached hydrogen (secondary N) is 1. The van der Waals surface area contributed by atoms with Crippen LogP contribution in [-0.4, -0.2) is 31.6 Å². The molecule has 0 fully saturated rings. The molecule has 3 rings (SSSR count). The van der Waals surface area contributed by atoms with E-state index in [0.717, 1.165) is 18.1 Å². The average molecular weight is 270 g/mol. The lowest BCUT2D eigenvalue weighted by Gasteiger charge is -2.03. The van der Waals surface area contributed by atoms with E-state index in [1.807, 2.05) is 28.5 Å². The lowest BCUT2D eigenvalue weighted by atomic mass is 10.2. The van der Waals surface area contributed by atoms with Crippen molar-refractivity contribution in [2.45, 2.75) is 26.6 Å². The lowest BCUT2D eigenvalue weighted by Crippen LogP contribution is -2.14. The molecule has 2 aromatic heterocycles. The van der Waals surface area contributed by atoms with Gasteiger partial charge in [0.2, 0.25) is 0 Å². The SMILES string of the molecule is CCn1nc(Cn2ncnc2CNC)c2ccccc21. The van der Waals surface area contributed by atoms with Gasteiger partial charge in [0.05, 0.1) is 24.3 Å². The Hall–Kier alpha value is -2.21. The van der Waals surface area contributed by atoms with E-state index in [2.05, 4.69) is 34.5 Å². The van der Waals surface area contributed by atoms with Gasteiger partial charge in [-0.3, -0.25) is 4.68 Å². The topological polar surface area (TPSA) is 60.6 Å². The van der Waals surface area contributed by atoms with Crippen molar-refractivity contribution >= 4 is 10.9 Å². The van der Waals surface area contributed by atoms with Crippen LogP contribution in [0.15, 0.2) is 30.6 Å². The largest absolute Gasteiger partial charge is 0.313 e. The zero-order valence-corrected chi connectivity index (χ0v) is 11.7. The second-order valence-electron chi connectivity index (χ2n) is 4.64. The Bertz CT molecular complexity index is 711. The summed E-state index contributed by atoms with van der Waals surface area (Å²) in [5.74, 6) is 0.919. The zero-order chi connectivity index (χ0) is 13.9. The van der Waals surface area contributed by atoms with Crippen molar-refractivity contribution in [3.05, 3.63) is 42.1 Å². The van der Waals surface area contributed by atoms with Crippen LogP contribution in [0.1, 0.15) is 18.4 Å². The Morgan fingerprint density at radius 3 is 2.85 bits per heavy atom. The van der Waals surface area contributed by atoms with Crippen LogP contribution in [0.2, 0.25) is 0 Å². The van der Waals surface area contributed by atoms with E-state index in [1.54, 1.807) is 6.33 Å². The normalized spacial score (nSPS) is 11.3. The van der Waals surface area contributed by atoms with Crippen molar-refractivity contribution in [3.8, 4) is 0 Å². The molecule has 0 amide bonds. The van der Waals surface area contributed by atoms with Crippen molar-refractivity contribution in [1.82, 2.24) is 29.9 Å². The molecule has 3 aromatic rings. The number of hydrogen-bond acceptors (Lipinski definition) is 4. The first-order valence-electron chi connectivity index (χ1n) is 6.79. The van der Waals surface area contributed by atoms with Crippen molar-refractivity contribution in [2.75, 3.05) is 7.05 Å². The predicted octanol–water partition coefficient (Wildman–Crippen LogP) is 1.42. The fourth-order valence-corrected chi connectivity index (χ4v) is 2.41. The molecule has 0 saturated carbocycles. The summed E-state index contributed by atoms with van der Waals surface area (Å²) in [4.78, 5) is 4.26. The van der Waals surface area contributed by atoms with Gasteiger partial charge in [0.15, 0.2) is 0 Å². The van der Waals surface area contributed by atoms with E-state index in [0.29, 0.717) is 13.1 Å². The Morgan fingerprint density at radius 1 is 1.20 bits per heavy atom. The van der Waals surface area contributed by atoms with Gasteiger partial charge in [-0.25, -0.2) is 9.67 Å². The highest BCUT2D eigenvalue weighted by Gasteiger charge is 2.12. The van der Waals surface area contributed by atoms with Crippen molar-refractivity contribution < 1.29 is 0 Å². The molecular weight excluding hydrogens is 252 g/mol. The molecule has 0 aliphatic carbocycles. The third-order valence-electron chi connectivity index (χ3n) is 3.36. The molecule has 0 unspecified atom stereocenters. The van der Waals surface area contributed by atoms with E-state index in [1.165, 1.54) is 10.9 Å². The number of benzene rings is 1. The number of aryl methyl sites for hydroxylation is 1. The van der Waals surface area contributed by atoms with Crippen LogP contribution in [0.4, 0.5) is 0 Å². The highest BCUT2D eigenvalue weighted by molar-refractivity contribution is 5.81. The minimum atomic E-state index is 0.643. The monoisotopic (exact) mass is 270 g/mol. The molecule has 6 heteroatoms. The van der Waals surface area contributed by atoms with Gasteiger partial charge in [0, 0.05) is 11.9 Å². The van der Waals surface area contributed by atoms with Crippen LogP contribution in [-0.2, 0) is 19.6 Å². The van der Waals surface area contributed by atoms with E-state index in [9.17, 15) is 0 Å². The van der Waals surface area contributed by atoms with Crippen LogP contribution < -0.4 is 5.32 Å². The maximum atomic E-state index is 4.69. The maximum Gasteiger partial charge on any atom is 0.141 e. The van der Waals surface area contributed by atoms with Crippen molar-refractivity contribution in [3.63, 3.8) is 0 Å². The van der Waals surface area contributed by atoms with E-state index in [-0.39, 0.29) is 0 Å². The maximum absolute atomic E-state index is 4.69. The Balaban J connectivity index is 2.00. The third kappa shape index (κ3) is 2.18. The second kappa shape index (κ2) is 5.42. The number of para-hydroxylation sites is 1. The Kier molecular flexibility index (Phi) is 3.47. The Labute approximate surface area is 117 Å². The summed E-state index contributed by atoms with van der Waals surface area (Å²) in [7, 11) is 1.90. The Morgan fingerprint density at radius 2 is 2.05 bits per heavy atom. The molecule has 0 spiro atoms. The molecule has 0 atom stereocenters. The van der Waals surface area contributed by atoms with E-state index >= 15 is 0 Å².